The van der Waals surface area contributed by atoms with Crippen LogP contribution in [0, 0.1) is 11.8 Å². The molecule has 1 aromatic carbocycles. The SMILES string of the molecule is CC(=O)NC(Cc1ccccc1)C(O)CN1CC2CCCCC2CC1C(=O)NC(C)(C)C.CCN(C)O. The molecule has 37 heavy (non-hydrogen) atoms. The summed E-state index contributed by atoms with van der Waals surface area (Å²) in [7, 11) is 1.61. The molecule has 0 aromatic heterocycles. The standard InChI is InChI=1S/C26H41N3O3.C3H9NO/c1-18(30)27-22(14-19-10-6-5-7-11-19)24(31)17-29-16-21-13-9-8-12-20(21)15-23(29)25(32)28-26(2,3)4;1-3-4(2)5/h5-7,10-11,20-24,31H,8-9,12-17H2,1-4H3,(H,27,30)(H,28,32);5H,3H2,1-2H3. The van der Waals surface area contributed by atoms with E-state index in [1.54, 1.807) is 7.05 Å². The first kappa shape index (κ1) is 31.2. The van der Waals surface area contributed by atoms with Crippen molar-refractivity contribution in [3.8, 4) is 0 Å². The Balaban J connectivity index is 0.000000877. The van der Waals surface area contributed by atoms with Gasteiger partial charge in [-0.3, -0.25) is 14.5 Å². The highest BCUT2D eigenvalue weighted by Gasteiger charge is 2.41. The van der Waals surface area contributed by atoms with Gasteiger partial charge in [-0.25, -0.2) is 0 Å². The Bertz CT molecular complexity index is 827. The number of fused-ring (bicyclic) bond motifs is 1. The van der Waals surface area contributed by atoms with Gasteiger partial charge in [0.1, 0.15) is 0 Å². The molecule has 0 radical (unpaired) electrons. The summed E-state index contributed by atoms with van der Waals surface area (Å²) in [5.74, 6) is 1.07. The van der Waals surface area contributed by atoms with E-state index in [0.29, 0.717) is 31.3 Å². The van der Waals surface area contributed by atoms with E-state index in [-0.39, 0.29) is 23.4 Å². The fourth-order valence-corrected chi connectivity index (χ4v) is 5.41. The van der Waals surface area contributed by atoms with Crippen molar-refractivity contribution in [2.24, 2.45) is 11.8 Å². The number of carbonyl (C=O) groups is 2. The molecule has 1 saturated carbocycles. The Kier molecular flexibility index (Phi) is 12.5. The molecular formula is C29H50N4O4. The number of β-amino-alcohol motifs (C(OH)–C–C–N with tert-alkyl or cyclic N) is 1. The van der Waals surface area contributed by atoms with E-state index in [9.17, 15) is 14.7 Å². The summed E-state index contributed by atoms with van der Waals surface area (Å²) in [6.45, 7) is 11.3. The second-order valence-corrected chi connectivity index (χ2v) is 11.8. The summed E-state index contributed by atoms with van der Waals surface area (Å²) in [5.41, 5.74) is 0.773. The summed E-state index contributed by atoms with van der Waals surface area (Å²) in [6, 6.07) is 9.27. The summed E-state index contributed by atoms with van der Waals surface area (Å²) in [6.07, 6.45) is 5.54. The molecule has 2 amide bonds. The van der Waals surface area contributed by atoms with E-state index in [1.807, 2.05) is 58.0 Å². The fraction of sp³-hybridized carbons (Fsp3) is 0.724. The molecule has 5 unspecified atom stereocenters. The highest BCUT2D eigenvalue weighted by Crippen LogP contribution is 2.38. The molecular weight excluding hydrogens is 468 g/mol. The number of hydroxylamine groups is 2. The lowest BCUT2D eigenvalue weighted by atomic mass is 9.72. The first-order chi connectivity index (χ1) is 17.4. The van der Waals surface area contributed by atoms with E-state index in [2.05, 4.69) is 15.5 Å². The molecule has 1 saturated heterocycles. The lowest BCUT2D eigenvalue weighted by Crippen LogP contribution is -2.60. The van der Waals surface area contributed by atoms with E-state index in [4.69, 9.17) is 5.21 Å². The van der Waals surface area contributed by atoms with Crippen molar-refractivity contribution in [2.45, 2.75) is 96.9 Å². The number of amides is 2. The number of hydrogen-bond acceptors (Lipinski definition) is 6. The maximum absolute atomic E-state index is 13.2. The van der Waals surface area contributed by atoms with Crippen LogP contribution in [-0.2, 0) is 16.0 Å². The van der Waals surface area contributed by atoms with Crippen LogP contribution in [0.25, 0.3) is 0 Å². The van der Waals surface area contributed by atoms with Crippen molar-refractivity contribution in [2.75, 3.05) is 26.7 Å². The number of nitrogens with one attached hydrogen (secondary N) is 2. The van der Waals surface area contributed by atoms with Crippen molar-refractivity contribution in [3.63, 3.8) is 0 Å². The molecule has 8 heteroatoms. The highest BCUT2D eigenvalue weighted by molar-refractivity contribution is 5.82. The summed E-state index contributed by atoms with van der Waals surface area (Å²) < 4.78 is 0. The van der Waals surface area contributed by atoms with Gasteiger partial charge in [0.05, 0.1) is 18.2 Å². The van der Waals surface area contributed by atoms with Crippen LogP contribution in [-0.4, -0.2) is 82.5 Å². The van der Waals surface area contributed by atoms with E-state index >= 15 is 0 Å². The summed E-state index contributed by atoms with van der Waals surface area (Å²) >= 11 is 0. The number of aliphatic hydroxyl groups is 1. The smallest absolute Gasteiger partial charge is 0.237 e. The molecule has 3 rings (SSSR count). The molecule has 1 aromatic rings. The predicted octanol–water partition coefficient (Wildman–Crippen LogP) is 3.22. The Morgan fingerprint density at radius 3 is 2.27 bits per heavy atom. The average molecular weight is 519 g/mol. The fourth-order valence-electron chi connectivity index (χ4n) is 5.41. The molecule has 5 atom stereocenters. The van der Waals surface area contributed by atoms with E-state index in [1.165, 1.54) is 32.6 Å². The van der Waals surface area contributed by atoms with E-state index in [0.717, 1.165) is 23.6 Å². The molecule has 2 aliphatic rings. The summed E-state index contributed by atoms with van der Waals surface area (Å²) in [5, 5.41) is 26.6. The molecule has 0 bridgehead atoms. The topological polar surface area (TPSA) is 105 Å². The number of aliphatic hydroxyl groups excluding tert-OH is 1. The van der Waals surface area contributed by atoms with Crippen LogP contribution in [0.15, 0.2) is 30.3 Å². The Hall–Kier alpha value is -2.00. The second-order valence-electron chi connectivity index (χ2n) is 11.8. The first-order valence-corrected chi connectivity index (χ1v) is 13.8. The third-order valence-electron chi connectivity index (χ3n) is 7.33. The minimum Gasteiger partial charge on any atom is -0.390 e. The van der Waals surface area contributed by atoms with E-state index < -0.39 is 12.1 Å². The third kappa shape index (κ3) is 11.1. The van der Waals surface area contributed by atoms with Gasteiger partial charge >= 0.3 is 0 Å². The van der Waals surface area contributed by atoms with Gasteiger partial charge in [-0.1, -0.05) is 56.5 Å². The highest BCUT2D eigenvalue weighted by atomic mass is 16.5. The molecule has 4 N–H and O–H groups in total. The zero-order valence-electron chi connectivity index (χ0n) is 23.7. The zero-order chi connectivity index (χ0) is 27.6. The van der Waals surface area contributed by atoms with Crippen LogP contribution >= 0.6 is 0 Å². The van der Waals surface area contributed by atoms with Crippen molar-refractivity contribution in [3.05, 3.63) is 35.9 Å². The van der Waals surface area contributed by atoms with Crippen molar-refractivity contribution in [1.82, 2.24) is 20.6 Å². The van der Waals surface area contributed by atoms with Crippen LogP contribution < -0.4 is 10.6 Å². The normalized spacial score (nSPS) is 23.8. The average Bonchev–Trinajstić information content (AvgIpc) is 2.82. The molecule has 1 aliphatic heterocycles. The number of likely N-dealkylation sites (tertiary alicyclic amines) is 1. The van der Waals surface area contributed by atoms with Gasteiger partial charge in [0.25, 0.3) is 0 Å². The minimum atomic E-state index is -0.760. The van der Waals surface area contributed by atoms with Crippen LogP contribution in [0.2, 0.25) is 0 Å². The Morgan fingerprint density at radius 2 is 1.73 bits per heavy atom. The van der Waals surface area contributed by atoms with Gasteiger partial charge < -0.3 is 20.9 Å². The lowest BCUT2D eigenvalue weighted by molar-refractivity contribution is -0.133. The number of nitrogens with zero attached hydrogens (tertiary/aromatic N) is 2. The van der Waals surface area contributed by atoms with Crippen LogP contribution in [0.5, 0.6) is 0 Å². The lowest BCUT2D eigenvalue weighted by Gasteiger charge is -2.47. The van der Waals surface area contributed by atoms with Gasteiger partial charge in [-0.2, -0.15) is 5.06 Å². The number of benzene rings is 1. The first-order valence-electron chi connectivity index (χ1n) is 13.8. The quantitative estimate of drug-likeness (QED) is 0.394. The molecule has 0 spiro atoms. The predicted molar refractivity (Wildman–Crippen MR) is 147 cm³/mol. The van der Waals surface area contributed by atoms with Gasteiger partial charge in [0.2, 0.25) is 11.8 Å². The summed E-state index contributed by atoms with van der Waals surface area (Å²) in [4.78, 5) is 27.3. The van der Waals surface area contributed by atoms with Crippen molar-refractivity contribution in [1.29, 1.82) is 0 Å². The van der Waals surface area contributed by atoms with Crippen LogP contribution in [0.3, 0.4) is 0 Å². The van der Waals surface area contributed by atoms with Crippen LogP contribution in [0.1, 0.15) is 72.3 Å². The van der Waals surface area contributed by atoms with Crippen molar-refractivity contribution >= 4 is 11.8 Å². The van der Waals surface area contributed by atoms with Gasteiger partial charge in [0.15, 0.2) is 0 Å². The number of piperidine rings is 1. The maximum Gasteiger partial charge on any atom is 0.237 e. The third-order valence-corrected chi connectivity index (χ3v) is 7.33. The van der Waals surface area contributed by atoms with Crippen LogP contribution in [0.4, 0.5) is 0 Å². The van der Waals surface area contributed by atoms with Gasteiger partial charge in [0, 0.05) is 39.1 Å². The van der Waals surface area contributed by atoms with Crippen molar-refractivity contribution < 1.29 is 19.9 Å². The number of rotatable bonds is 8. The zero-order valence-corrected chi connectivity index (χ0v) is 23.7. The van der Waals surface area contributed by atoms with Gasteiger partial charge in [-0.05, 0) is 57.4 Å². The second kappa shape index (κ2) is 14.8. The van der Waals surface area contributed by atoms with Gasteiger partial charge in [-0.15, -0.1) is 0 Å². The Labute approximate surface area is 223 Å². The monoisotopic (exact) mass is 518 g/mol. The molecule has 8 nitrogen and oxygen atoms in total. The number of carbonyl (C=O) groups excluding carboxylic acids is 2. The Morgan fingerprint density at radius 1 is 1.14 bits per heavy atom. The molecule has 2 fully saturated rings. The number of hydrogen-bond donors (Lipinski definition) is 4. The largest absolute Gasteiger partial charge is 0.390 e. The minimum absolute atomic E-state index is 0.0489. The molecule has 1 aliphatic carbocycles. The maximum atomic E-state index is 13.2. The molecule has 210 valence electrons. The molecule has 1 heterocycles.